The van der Waals surface area contributed by atoms with Crippen LogP contribution in [0.5, 0.6) is 0 Å². The van der Waals surface area contributed by atoms with Crippen LogP contribution in [0.3, 0.4) is 0 Å². The molecule has 4 rings (SSSR count). The van der Waals surface area contributed by atoms with E-state index in [0.29, 0.717) is 31.3 Å². The molecule has 0 radical (unpaired) electrons. The van der Waals surface area contributed by atoms with Gasteiger partial charge in [-0.2, -0.15) is 4.98 Å². The van der Waals surface area contributed by atoms with Crippen LogP contribution in [0.25, 0.3) is 11.4 Å². The fraction of sp³-hybridized carbons (Fsp3) is 0.318. The maximum Gasteiger partial charge on any atom is 0.231 e. The molecular formula is C22H23FN4O2. The normalized spacial score (nSPS) is 16.8. The molecule has 1 atom stereocenters. The molecule has 1 unspecified atom stereocenters. The lowest BCUT2D eigenvalue weighted by molar-refractivity contribution is -0.131. The topological polar surface area (TPSA) is 85.2 Å². The number of hydrogen-bond acceptors (Lipinski definition) is 5. The number of halogens is 1. The van der Waals surface area contributed by atoms with Gasteiger partial charge in [-0.25, -0.2) is 4.39 Å². The zero-order valence-corrected chi connectivity index (χ0v) is 16.1. The number of rotatable bonds is 5. The van der Waals surface area contributed by atoms with E-state index in [4.69, 9.17) is 10.3 Å². The Bertz CT molecular complexity index is 969. The molecule has 29 heavy (non-hydrogen) atoms. The molecule has 2 N–H and O–H groups in total. The van der Waals surface area contributed by atoms with E-state index in [1.807, 2.05) is 29.2 Å². The van der Waals surface area contributed by atoms with Crippen molar-refractivity contribution in [2.24, 2.45) is 5.73 Å². The molecule has 150 valence electrons. The Morgan fingerprint density at radius 2 is 1.86 bits per heavy atom. The second-order valence-corrected chi connectivity index (χ2v) is 7.34. The van der Waals surface area contributed by atoms with E-state index >= 15 is 0 Å². The molecule has 7 heteroatoms. The number of piperidine rings is 1. The fourth-order valence-electron chi connectivity index (χ4n) is 3.60. The number of aromatic nitrogens is 2. The van der Waals surface area contributed by atoms with Crippen LogP contribution in [0.2, 0.25) is 0 Å². The number of amides is 1. The molecule has 1 fully saturated rings. The van der Waals surface area contributed by atoms with Crippen LogP contribution in [0.15, 0.2) is 53.1 Å². The first-order valence-corrected chi connectivity index (χ1v) is 9.77. The molecule has 6 nitrogen and oxygen atoms in total. The molecule has 1 amide bonds. The standard InChI is InChI=1S/C22H23FN4O2/c23-19-9-5-15(6-10-19)12-20(28)27-11-1-2-18(14-27)22-25-21(26-29-22)17-7-3-16(13-24)4-8-17/h3-10,18H,1-2,11-14,24H2. The number of nitrogens with two attached hydrogens (primary N) is 1. The van der Waals surface area contributed by atoms with Crippen molar-refractivity contribution in [2.75, 3.05) is 13.1 Å². The Balaban J connectivity index is 1.42. The predicted octanol–water partition coefficient (Wildman–Crippen LogP) is 3.28. The highest BCUT2D eigenvalue weighted by Gasteiger charge is 2.28. The van der Waals surface area contributed by atoms with Crippen molar-refractivity contribution >= 4 is 5.91 Å². The summed E-state index contributed by atoms with van der Waals surface area (Å²) in [5.74, 6) is 0.841. The van der Waals surface area contributed by atoms with Crippen molar-refractivity contribution in [3.63, 3.8) is 0 Å². The lowest BCUT2D eigenvalue weighted by Gasteiger charge is -2.31. The SMILES string of the molecule is NCc1ccc(-c2noc(C3CCCN(C(=O)Cc4ccc(F)cc4)C3)n2)cc1. The van der Waals surface area contributed by atoms with Gasteiger partial charge in [0.1, 0.15) is 5.82 Å². The Morgan fingerprint density at radius 3 is 2.59 bits per heavy atom. The zero-order valence-electron chi connectivity index (χ0n) is 16.1. The largest absolute Gasteiger partial charge is 0.342 e. The smallest absolute Gasteiger partial charge is 0.231 e. The molecule has 3 aromatic rings. The van der Waals surface area contributed by atoms with Crippen molar-refractivity contribution in [1.29, 1.82) is 0 Å². The summed E-state index contributed by atoms with van der Waals surface area (Å²) in [7, 11) is 0. The summed E-state index contributed by atoms with van der Waals surface area (Å²) in [5.41, 5.74) is 8.35. The summed E-state index contributed by atoms with van der Waals surface area (Å²) in [4.78, 5) is 19.1. The van der Waals surface area contributed by atoms with E-state index < -0.39 is 0 Å². The Morgan fingerprint density at radius 1 is 1.14 bits per heavy atom. The van der Waals surface area contributed by atoms with Gasteiger partial charge in [-0.15, -0.1) is 0 Å². The van der Waals surface area contributed by atoms with Gasteiger partial charge < -0.3 is 15.2 Å². The van der Waals surface area contributed by atoms with Crippen LogP contribution in [-0.2, 0) is 17.8 Å². The number of carbonyl (C=O) groups excluding carboxylic acids is 1. The summed E-state index contributed by atoms with van der Waals surface area (Å²) >= 11 is 0. The highest BCUT2D eigenvalue weighted by Crippen LogP contribution is 2.28. The molecule has 2 aromatic carbocycles. The average Bonchev–Trinajstić information content (AvgIpc) is 3.26. The molecular weight excluding hydrogens is 371 g/mol. The molecule has 0 spiro atoms. The first kappa shape index (κ1) is 19.3. The summed E-state index contributed by atoms with van der Waals surface area (Å²) in [5, 5.41) is 4.11. The third-order valence-electron chi connectivity index (χ3n) is 5.28. The van der Waals surface area contributed by atoms with Crippen LogP contribution < -0.4 is 5.73 Å². The highest BCUT2D eigenvalue weighted by molar-refractivity contribution is 5.79. The monoisotopic (exact) mass is 394 g/mol. The van der Waals surface area contributed by atoms with Gasteiger partial charge >= 0.3 is 0 Å². The van der Waals surface area contributed by atoms with Crippen molar-refractivity contribution in [1.82, 2.24) is 15.0 Å². The first-order chi connectivity index (χ1) is 14.1. The van der Waals surface area contributed by atoms with Gasteiger partial charge in [0.2, 0.25) is 17.6 Å². The van der Waals surface area contributed by atoms with Crippen LogP contribution in [0.1, 0.15) is 35.8 Å². The minimum atomic E-state index is -0.302. The number of carbonyl (C=O) groups is 1. The number of benzene rings is 2. The molecule has 2 heterocycles. The number of hydrogen-bond donors (Lipinski definition) is 1. The summed E-state index contributed by atoms with van der Waals surface area (Å²) in [6.07, 6.45) is 2.03. The van der Waals surface area contributed by atoms with Crippen LogP contribution in [0, 0.1) is 5.82 Å². The maximum absolute atomic E-state index is 13.1. The fourth-order valence-corrected chi connectivity index (χ4v) is 3.60. The molecule has 1 aliphatic heterocycles. The zero-order chi connectivity index (χ0) is 20.2. The minimum Gasteiger partial charge on any atom is -0.342 e. The molecule has 1 saturated heterocycles. The van der Waals surface area contributed by atoms with Gasteiger partial charge in [-0.1, -0.05) is 41.6 Å². The van der Waals surface area contributed by atoms with E-state index in [9.17, 15) is 9.18 Å². The summed E-state index contributed by atoms with van der Waals surface area (Å²) < 4.78 is 18.6. The van der Waals surface area contributed by atoms with Gasteiger partial charge in [0.15, 0.2) is 0 Å². The Labute approximate surface area is 168 Å². The molecule has 1 aromatic heterocycles. The van der Waals surface area contributed by atoms with Crippen LogP contribution >= 0.6 is 0 Å². The summed E-state index contributed by atoms with van der Waals surface area (Å²) in [6, 6.07) is 13.8. The molecule has 0 aliphatic carbocycles. The second kappa shape index (κ2) is 8.53. The van der Waals surface area contributed by atoms with Gasteiger partial charge in [-0.3, -0.25) is 4.79 Å². The van der Waals surface area contributed by atoms with E-state index in [1.165, 1.54) is 12.1 Å². The highest BCUT2D eigenvalue weighted by atomic mass is 19.1. The van der Waals surface area contributed by atoms with Crippen molar-refractivity contribution < 1.29 is 13.7 Å². The van der Waals surface area contributed by atoms with E-state index in [2.05, 4.69) is 10.1 Å². The maximum atomic E-state index is 13.1. The quantitative estimate of drug-likeness (QED) is 0.718. The van der Waals surface area contributed by atoms with Crippen LogP contribution in [0.4, 0.5) is 4.39 Å². The summed E-state index contributed by atoms with van der Waals surface area (Å²) in [6.45, 7) is 1.74. The predicted molar refractivity (Wildman–Crippen MR) is 106 cm³/mol. The number of likely N-dealkylation sites (tertiary alicyclic amines) is 1. The first-order valence-electron chi connectivity index (χ1n) is 9.77. The Kier molecular flexibility index (Phi) is 5.67. The third-order valence-corrected chi connectivity index (χ3v) is 5.28. The average molecular weight is 394 g/mol. The van der Waals surface area contributed by atoms with Gasteiger partial charge in [0, 0.05) is 25.2 Å². The third kappa shape index (κ3) is 4.51. The second-order valence-electron chi connectivity index (χ2n) is 7.34. The minimum absolute atomic E-state index is 0.0190. The van der Waals surface area contributed by atoms with E-state index in [-0.39, 0.29) is 24.1 Å². The molecule has 0 saturated carbocycles. The molecule has 0 bridgehead atoms. The van der Waals surface area contributed by atoms with Gasteiger partial charge in [0.05, 0.1) is 12.3 Å². The van der Waals surface area contributed by atoms with Crippen molar-refractivity contribution in [3.8, 4) is 11.4 Å². The lowest BCUT2D eigenvalue weighted by atomic mass is 9.97. The molecule has 1 aliphatic rings. The van der Waals surface area contributed by atoms with Gasteiger partial charge in [0.25, 0.3) is 0 Å². The van der Waals surface area contributed by atoms with Crippen molar-refractivity contribution in [2.45, 2.75) is 31.7 Å². The lowest BCUT2D eigenvalue weighted by Crippen LogP contribution is -2.40. The van der Waals surface area contributed by atoms with Crippen molar-refractivity contribution in [3.05, 3.63) is 71.4 Å². The van der Waals surface area contributed by atoms with Gasteiger partial charge in [-0.05, 0) is 36.1 Å². The number of nitrogens with zero attached hydrogens (tertiary/aromatic N) is 3. The Hall–Kier alpha value is -3.06. The van der Waals surface area contributed by atoms with E-state index in [0.717, 1.165) is 29.5 Å². The van der Waals surface area contributed by atoms with E-state index in [1.54, 1.807) is 12.1 Å². The van der Waals surface area contributed by atoms with Crippen LogP contribution in [-0.4, -0.2) is 34.0 Å².